The van der Waals surface area contributed by atoms with Crippen molar-refractivity contribution < 1.29 is 0 Å². The second-order valence-corrected chi connectivity index (χ2v) is 2.73. The van der Waals surface area contributed by atoms with Crippen LogP contribution in [0.4, 0.5) is 5.95 Å². The number of hydrogen-bond acceptors (Lipinski definition) is 4. The molecule has 0 spiro atoms. The number of aryl methyl sites for hydroxylation is 1. The van der Waals surface area contributed by atoms with Crippen molar-refractivity contribution in [3.05, 3.63) is 24.3 Å². The van der Waals surface area contributed by atoms with Crippen LogP contribution in [0.2, 0.25) is 0 Å². The van der Waals surface area contributed by atoms with Crippen LogP contribution >= 0.6 is 0 Å². The Morgan fingerprint density at radius 1 is 1.15 bits per heavy atom. The summed E-state index contributed by atoms with van der Waals surface area (Å²) in [6.45, 7) is 1.89. The van der Waals surface area contributed by atoms with E-state index in [0.717, 1.165) is 17.1 Å². The number of nitrogens with two attached hydrogens (primary N) is 1. The molecule has 0 saturated heterocycles. The van der Waals surface area contributed by atoms with Gasteiger partial charge in [-0.15, -0.1) is 0 Å². The van der Waals surface area contributed by atoms with Crippen molar-refractivity contribution in [2.75, 3.05) is 5.73 Å². The molecule has 0 bridgehead atoms. The third kappa shape index (κ3) is 1.48. The molecule has 5 nitrogen and oxygen atoms in total. The van der Waals surface area contributed by atoms with E-state index in [9.17, 15) is 0 Å². The van der Waals surface area contributed by atoms with E-state index in [2.05, 4.69) is 19.9 Å². The summed E-state index contributed by atoms with van der Waals surface area (Å²) >= 11 is 0. The summed E-state index contributed by atoms with van der Waals surface area (Å²) in [6, 6.07) is 0. The van der Waals surface area contributed by atoms with Crippen molar-refractivity contribution in [1.29, 1.82) is 0 Å². The largest absolute Gasteiger partial charge is 0.369 e. The molecule has 0 atom stereocenters. The number of aromatic amines is 1. The van der Waals surface area contributed by atoms with Crippen molar-refractivity contribution in [3.63, 3.8) is 0 Å². The first kappa shape index (κ1) is 7.72. The van der Waals surface area contributed by atoms with Gasteiger partial charge in [0.1, 0.15) is 5.69 Å². The lowest BCUT2D eigenvalue weighted by molar-refractivity contribution is 1.11. The van der Waals surface area contributed by atoms with Gasteiger partial charge < -0.3 is 10.7 Å². The number of imidazole rings is 1. The Bertz CT molecular complexity index is 403. The maximum absolute atomic E-state index is 5.43. The second kappa shape index (κ2) is 2.85. The molecule has 2 aromatic rings. The van der Waals surface area contributed by atoms with Gasteiger partial charge in [-0.3, -0.25) is 9.97 Å². The van der Waals surface area contributed by atoms with E-state index >= 15 is 0 Å². The Labute approximate surface area is 75.1 Å². The summed E-state index contributed by atoms with van der Waals surface area (Å²) in [4.78, 5) is 15.0. The Kier molecular flexibility index (Phi) is 1.70. The third-order valence-electron chi connectivity index (χ3n) is 1.65. The highest BCUT2D eigenvalue weighted by Gasteiger charge is 2.01. The molecule has 0 aliphatic rings. The summed E-state index contributed by atoms with van der Waals surface area (Å²) in [5, 5.41) is 0. The van der Waals surface area contributed by atoms with Gasteiger partial charge >= 0.3 is 0 Å². The maximum Gasteiger partial charge on any atom is 0.197 e. The van der Waals surface area contributed by atoms with Crippen LogP contribution in [0.3, 0.4) is 0 Å². The molecule has 0 fully saturated rings. The summed E-state index contributed by atoms with van der Waals surface area (Å²) < 4.78 is 0. The molecule has 2 aromatic heterocycles. The fourth-order valence-corrected chi connectivity index (χ4v) is 0.998. The molecule has 5 heteroatoms. The predicted octanol–water partition coefficient (Wildman–Crippen LogP) is 0.757. The fraction of sp³-hybridized carbons (Fsp3) is 0.125. The van der Waals surface area contributed by atoms with E-state index in [1.54, 1.807) is 18.6 Å². The number of nitrogens with zero attached hydrogens (tertiary/aromatic N) is 3. The lowest BCUT2D eigenvalue weighted by Crippen LogP contribution is -1.89. The Balaban J connectivity index is 2.41. The molecule has 0 aliphatic carbocycles. The lowest BCUT2D eigenvalue weighted by Gasteiger charge is -1.95. The average molecular weight is 175 g/mol. The van der Waals surface area contributed by atoms with E-state index in [1.165, 1.54) is 0 Å². The molecule has 0 amide bonds. The van der Waals surface area contributed by atoms with Gasteiger partial charge in [-0.25, -0.2) is 4.98 Å². The molecule has 0 unspecified atom stereocenters. The highest BCUT2D eigenvalue weighted by atomic mass is 15.0. The molecule has 0 saturated carbocycles. The Morgan fingerprint density at radius 3 is 2.54 bits per heavy atom. The van der Waals surface area contributed by atoms with E-state index in [1.807, 2.05) is 6.92 Å². The first-order chi connectivity index (χ1) is 6.25. The quantitative estimate of drug-likeness (QED) is 0.670. The molecule has 2 heterocycles. The number of nitrogen functional groups attached to an aromatic ring is 1. The molecule has 3 N–H and O–H groups in total. The zero-order valence-corrected chi connectivity index (χ0v) is 7.15. The Hall–Kier alpha value is -1.91. The van der Waals surface area contributed by atoms with Crippen LogP contribution in [0.15, 0.2) is 18.6 Å². The van der Waals surface area contributed by atoms with Crippen molar-refractivity contribution in [2.45, 2.75) is 6.92 Å². The second-order valence-electron chi connectivity index (χ2n) is 2.73. The van der Waals surface area contributed by atoms with Crippen LogP contribution in [-0.2, 0) is 0 Å². The summed E-state index contributed by atoms with van der Waals surface area (Å²) in [5.74, 6) is 0.386. The zero-order chi connectivity index (χ0) is 9.26. The highest BCUT2D eigenvalue weighted by molar-refractivity contribution is 5.53. The molecule has 66 valence electrons. The van der Waals surface area contributed by atoms with Gasteiger partial charge in [0.15, 0.2) is 5.95 Å². The van der Waals surface area contributed by atoms with Crippen LogP contribution in [0.1, 0.15) is 5.69 Å². The smallest absolute Gasteiger partial charge is 0.197 e. The SMILES string of the molecule is Cc1cnc(-c2cnc(N)[nH]2)cn1. The maximum atomic E-state index is 5.43. The van der Waals surface area contributed by atoms with Crippen LogP contribution < -0.4 is 5.73 Å². The van der Waals surface area contributed by atoms with E-state index in [4.69, 9.17) is 5.73 Å². The van der Waals surface area contributed by atoms with Crippen LogP contribution in [-0.4, -0.2) is 19.9 Å². The van der Waals surface area contributed by atoms with Crippen LogP contribution in [0, 0.1) is 6.92 Å². The number of aromatic nitrogens is 4. The van der Waals surface area contributed by atoms with Crippen LogP contribution in [0.5, 0.6) is 0 Å². The molecule has 0 radical (unpaired) electrons. The van der Waals surface area contributed by atoms with E-state index in [0.29, 0.717) is 5.95 Å². The third-order valence-corrected chi connectivity index (χ3v) is 1.65. The van der Waals surface area contributed by atoms with Crippen molar-refractivity contribution in [3.8, 4) is 11.4 Å². The standard InChI is InChI=1S/C8H9N5/c1-5-2-11-6(3-10-5)7-4-12-8(9)13-7/h2-4H,1H3,(H3,9,12,13). The fourth-order valence-electron chi connectivity index (χ4n) is 0.998. The number of rotatable bonds is 1. The normalized spacial score (nSPS) is 10.2. The molecular weight excluding hydrogens is 166 g/mol. The van der Waals surface area contributed by atoms with Gasteiger partial charge in [-0.2, -0.15) is 0 Å². The minimum Gasteiger partial charge on any atom is -0.369 e. The lowest BCUT2D eigenvalue weighted by atomic mass is 10.3. The number of H-pyrrole nitrogens is 1. The summed E-state index contributed by atoms with van der Waals surface area (Å²) in [5.41, 5.74) is 7.84. The van der Waals surface area contributed by atoms with Gasteiger partial charge in [0, 0.05) is 6.20 Å². The van der Waals surface area contributed by atoms with E-state index in [-0.39, 0.29) is 0 Å². The Morgan fingerprint density at radius 2 is 2.00 bits per heavy atom. The summed E-state index contributed by atoms with van der Waals surface area (Å²) in [7, 11) is 0. The van der Waals surface area contributed by atoms with Crippen LogP contribution in [0.25, 0.3) is 11.4 Å². The minimum absolute atomic E-state index is 0.386. The molecular formula is C8H9N5. The number of nitrogens with one attached hydrogen (secondary N) is 1. The first-order valence-corrected chi connectivity index (χ1v) is 3.85. The molecule has 0 aromatic carbocycles. The van der Waals surface area contributed by atoms with Gasteiger partial charge in [-0.1, -0.05) is 0 Å². The zero-order valence-electron chi connectivity index (χ0n) is 7.15. The molecule has 0 aliphatic heterocycles. The number of anilines is 1. The predicted molar refractivity (Wildman–Crippen MR) is 48.8 cm³/mol. The van der Waals surface area contributed by atoms with Gasteiger partial charge in [-0.05, 0) is 6.92 Å². The summed E-state index contributed by atoms with van der Waals surface area (Å²) in [6.07, 6.45) is 5.02. The first-order valence-electron chi connectivity index (χ1n) is 3.85. The number of hydrogen-bond donors (Lipinski definition) is 2. The highest BCUT2D eigenvalue weighted by Crippen LogP contribution is 2.12. The van der Waals surface area contributed by atoms with Gasteiger partial charge in [0.2, 0.25) is 0 Å². The minimum atomic E-state index is 0.386. The molecule has 2 rings (SSSR count). The average Bonchev–Trinajstić information content (AvgIpc) is 2.53. The van der Waals surface area contributed by atoms with Crippen molar-refractivity contribution in [1.82, 2.24) is 19.9 Å². The van der Waals surface area contributed by atoms with Gasteiger partial charge in [0.25, 0.3) is 0 Å². The molecule has 13 heavy (non-hydrogen) atoms. The monoisotopic (exact) mass is 175 g/mol. The van der Waals surface area contributed by atoms with Gasteiger partial charge in [0.05, 0.1) is 23.8 Å². The van der Waals surface area contributed by atoms with Crippen molar-refractivity contribution >= 4 is 5.95 Å². The topological polar surface area (TPSA) is 80.5 Å². The van der Waals surface area contributed by atoms with Crippen molar-refractivity contribution in [2.24, 2.45) is 0 Å². The van der Waals surface area contributed by atoms with E-state index < -0.39 is 0 Å².